The van der Waals surface area contributed by atoms with Crippen LogP contribution in [0.5, 0.6) is 5.75 Å². The van der Waals surface area contributed by atoms with E-state index in [-0.39, 0.29) is 5.91 Å². The average molecular weight is 447 g/mol. The van der Waals surface area contributed by atoms with E-state index in [4.69, 9.17) is 4.74 Å². The number of hydrogen-bond acceptors (Lipinski definition) is 5. The van der Waals surface area contributed by atoms with Crippen molar-refractivity contribution < 1.29 is 9.53 Å². The molecule has 0 N–H and O–H groups in total. The molecule has 4 nitrogen and oxygen atoms in total. The van der Waals surface area contributed by atoms with Gasteiger partial charge in [-0.3, -0.25) is 4.79 Å². The Labute approximate surface area is 184 Å². The fourth-order valence-corrected chi connectivity index (χ4v) is 5.26. The number of aromatic nitrogens is 1. The minimum absolute atomic E-state index is 0.203. The summed E-state index contributed by atoms with van der Waals surface area (Å²) >= 11 is 5.06. The number of hydrogen-bond donors (Lipinski definition) is 0. The van der Waals surface area contributed by atoms with Crippen LogP contribution in [0.1, 0.15) is 31.1 Å². The van der Waals surface area contributed by atoms with E-state index in [1.165, 1.54) is 11.3 Å². The molecular formula is C22H26N2O2S3. The maximum Gasteiger partial charge on any atom is 0.279 e. The third-order valence-electron chi connectivity index (χ3n) is 4.13. The van der Waals surface area contributed by atoms with Gasteiger partial charge in [0.05, 0.1) is 16.8 Å². The molecule has 0 aliphatic heterocycles. The molecule has 1 aromatic heterocycles. The van der Waals surface area contributed by atoms with Crippen LogP contribution < -0.4 is 9.54 Å². The highest BCUT2D eigenvalue weighted by atomic mass is 32.2. The van der Waals surface area contributed by atoms with Gasteiger partial charge in [0.25, 0.3) is 5.91 Å². The summed E-state index contributed by atoms with van der Waals surface area (Å²) < 4.78 is 8.85. The first kappa shape index (κ1) is 22.0. The Balaban J connectivity index is 2.02. The zero-order valence-electron chi connectivity index (χ0n) is 17.2. The lowest BCUT2D eigenvalue weighted by Crippen LogP contribution is -2.18. The Bertz CT molecular complexity index is 1050. The molecular weight excluding hydrogens is 420 g/mol. The molecule has 0 radical (unpaired) electrons. The first-order valence-corrected chi connectivity index (χ1v) is 12.7. The molecule has 0 aliphatic carbocycles. The Hall–Kier alpha value is -1.70. The Kier molecular flexibility index (Phi) is 7.86. The quantitative estimate of drug-likeness (QED) is 0.416. The predicted octanol–water partition coefficient (Wildman–Crippen LogP) is 5.71. The van der Waals surface area contributed by atoms with E-state index in [0.717, 1.165) is 38.0 Å². The van der Waals surface area contributed by atoms with Crippen molar-refractivity contribution in [3.8, 4) is 5.75 Å². The highest BCUT2D eigenvalue weighted by Gasteiger charge is 2.11. The maximum absolute atomic E-state index is 12.9. The van der Waals surface area contributed by atoms with Crippen molar-refractivity contribution in [1.29, 1.82) is 0 Å². The number of thioether (sulfide) groups is 2. The van der Waals surface area contributed by atoms with Gasteiger partial charge in [0.1, 0.15) is 5.75 Å². The van der Waals surface area contributed by atoms with Crippen molar-refractivity contribution in [3.05, 3.63) is 52.8 Å². The van der Waals surface area contributed by atoms with Crippen LogP contribution in [0.2, 0.25) is 0 Å². The average Bonchev–Trinajstić information content (AvgIpc) is 3.02. The van der Waals surface area contributed by atoms with E-state index in [1.807, 2.05) is 43.3 Å². The lowest BCUT2D eigenvalue weighted by atomic mass is 10.2. The van der Waals surface area contributed by atoms with Gasteiger partial charge in [0.15, 0.2) is 4.80 Å². The van der Waals surface area contributed by atoms with Gasteiger partial charge in [0, 0.05) is 28.0 Å². The molecule has 1 amide bonds. The van der Waals surface area contributed by atoms with Crippen molar-refractivity contribution >= 4 is 51.0 Å². The molecule has 0 unspecified atom stereocenters. The number of fused-ring (bicyclic) bond motifs is 1. The van der Waals surface area contributed by atoms with Crippen LogP contribution in [-0.2, 0) is 6.54 Å². The number of thiazole rings is 1. The van der Waals surface area contributed by atoms with E-state index in [9.17, 15) is 4.79 Å². The van der Waals surface area contributed by atoms with Crippen LogP contribution >= 0.6 is 34.9 Å². The second-order valence-electron chi connectivity index (χ2n) is 6.70. The number of benzene rings is 2. The monoisotopic (exact) mass is 446 g/mol. The van der Waals surface area contributed by atoms with Crippen molar-refractivity contribution in [2.45, 2.75) is 37.5 Å². The van der Waals surface area contributed by atoms with E-state index in [2.05, 4.69) is 35.7 Å². The van der Waals surface area contributed by atoms with E-state index in [0.29, 0.717) is 17.4 Å². The zero-order chi connectivity index (χ0) is 20.8. The number of carbonyl (C=O) groups is 1. The highest BCUT2D eigenvalue weighted by Crippen LogP contribution is 2.25. The molecule has 0 saturated heterocycles. The van der Waals surface area contributed by atoms with Gasteiger partial charge in [-0.2, -0.15) is 16.8 Å². The van der Waals surface area contributed by atoms with Crippen LogP contribution in [0.25, 0.3) is 10.2 Å². The van der Waals surface area contributed by atoms with Gasteiger partial charge in [-0.1, -0.05) is 31.3 Å². The largest absolute Gasteiger partial charge is 0.494 e. The molecule has 0 bridgehead atoms. The molecule has 1 heterocycles. The lowest BCUT2D eigenvalue weighted by molar-refractivity contribution is 0.0997. The van der Waals surface area contributed by atoms with Crippen molar-refractivity contribution in [1.82, 2.24) is 4.57 Å². The maximum atomic E-state index is 12.9. The summed E-state index contributed by atoms with van der Waals surface area (Å²) in [6, 6.07) is 13.8. The Morgan fingerprint density at radius 3 is 2.79 bits per heavy atom. The predicted molar refractivity (Wildman–Crippen MR) is 127 cm³/mol. The number of aryl methyl sites for hydroxylation is 1. The van der Waals surface area contributed by atoms with E-state index >= 15 is 0 Å². The summed E-state index contributed by atoms with van der Waals surface area (Å²) in [5.74, 6) is 1.60. The van der Waals surface area contributed by atoms with Gasteiger partial charge in [-0.05, 0) is 49.6 Å². The fraction of sp³-hybridized carbons (Fsp3) is 0.364. The number of amides is 1. The summed E-state index contributed by atoms with van der Waals surface area (Å²) in [6.07, 6.45) is 2.09. The smallest absolute Gasteiger partial charge is 0.279 e. The van der Waals surface area contributed by atoms with Gasteiger partial charge >= 0.3 is 0 Å². The van der Waals surface area contributed by atoms with Crippen LogP contribution in [0.15, 0.2) is 52.4 Å². The molecule has 2 aromatic carbocycles. The summed E-state index contributed by atoms with van der Waals surface area (Å²) in [5.41, 5.74) is 1.71. The van der Waals surface area contributed by atoms with Gasteiger partial charge in [-0.15, -0.1) is 11.8 Å². The van der Waals surface area contributed by atoms with Crippen LogP contribution in [0, 0.1) is 0 Å². The molecule has 7 heteroatoms. The summed E-state index contributed by atoms with van der Waals surface area (Å²) in [5, 5.41) is 0.466. The standard InChI is InChI=1S/C22H26N2O2S3/c1-5-26-17-9-10-19-20(14-17)29-22(24(19)11-12-27-4)23-21(25)16-7-6-8-18(13-16)28-15(2)3/h6-10,13-15H,5,11-12H2,1-4H3. The number of carbonyl (C=O) groups excluding carboxylic acids is 1. The van der Waals surface area contributed by atoms with E-state index in [1.54, 1.807) is 23.5 Å². The minimum Gasteiger partial charge on any atom is -0.494 e. The molecule has 0 fully saturated rings. The zero-order valence-corrected chi connectivity index (χ0v) is 19.6. The molecule has 3 aromatic rings. The Morgan fingerprint density at radius 2 is 2.07 bits per heavy atom. The van der Waals surface area contributed by atoms with Crippen LogP contribution in [0.4, 0.5) is 0 Å². The van der Waals surface area contributed by atoms with Crippen molar-refractivity contribution in [3.63, 3.8) is 0 Å². The SMILES string of the molecule is CCOc1ccc2c(c1)sc(=NC(=O)c1cccc(SC(C)C)c1)n2CCSC. The van der Waals surface area contributed by atoms with Gasteiger partial charge in [0.2, 0.25) is 0 Å². The lowest BCUT2D eigenvalue weighted by Gasteiger charge is -2.06. The van der Waals surface area contributed by atoms with Crippen molar-refractivity contribution in [2.75, 3.05) is 18.6 Å². The number of ether oxygens (including phenoxy) is 1. The summed E-state index contributed by atoms with van der Waals surface area (Å²) in [4.78, 5) is 19.2. The van der Waals surface area contributed by atoms with Gasteiger partial charge < -0.3 is 9.30 Å². The second kappa shape index (κ2) is 10.4. The molecule has 29 heavy (non-hydrogen) atoms. The topological polar surface area (TPSA) is 43.6 Å². The number of nitrogens with zero attached hydrogens (tertiary/aromatic N) is 2. The summed E-state index contributed by atoms with van der Waals surface area (Å²) in [7, 11) is 0. The third-order valence-corrected chi connectivity index (χ3v) is 6.76. The first-order valence-electron chi connectivity index (χ1n) is 9.62. The molecule has 154 valence electrons. The Morgan fingerprint density at radius 1 is 1.24 bits per heavy atom. The minimum atomic E-state index is -0.203. The summed E-state index contributed by atoms with van der Waals surface area (Å²) in [6.45, 7) is 7.70. The number of rotatable bonds is 8. The second-order valence-corrected chi connectivity index (χ2v) is 10.3. The molecule has 3 rings (SSSR count). The fourth-order valence-electron chi connectivity index (χ4n) is 2.92. The third kappa shape index (κ3) is 5.68. The van der Waals surface area contributed by atoms with Gasteiger partial charge in [-0.25, -0.2) is 0 Å². The highest BCUT2D eigenvalue weighted by molar-refractivity contribution is 7.99. The first-order chi connectivity index (χ1) is 14.0. The molecule has 0 aliphatic rings. The van der Waals surface area contributed by atoms with Crippen LogP contribution in [0.3, 0.4) is 0 Å². The normalized spacial score (nSPS) is 12.1. The van der Waals surface area contributed by atoms with Crippen molar-refractivity contribution in [2.24, 2.45) is 4.99 Å². The van der Waals surface area contributed by atoms with Crippen LogP contribution in [-0.4, -0.2) is 34.3 Å². The molecule has 0 atom stereocenters. The molecule has 0 spiro atoms. The molecule has 0 saturated carbocycles. The van der Waals surface area contributed by atoms with E-state index < -0.39 is 0 Å².